The van der Waals surface area contributed by atoms with Crippen molar-refractivity contribution in [3.63, 3.8) is 0 Å². The van der Waals surface area contributed by atoms with Crippen molar-refractivity contribution in [1.82, 2.24) is 5.32 Å². The second-order valence-electron chi connectivity index (χ2n) is 4.41. The topological polar surface area (TPSA) is 64.3 Å². The van der Waals surface area contributed by atoms with E-state index in [2.05, 4.69) is 5.32 Å². The molecule has 98 valence electrons. The number of hydrogen-bond donors (Lipinski definition) is 2. The van der Waals surface area contributed by atoms with Gasteiger partial charge in [0.25, 0.3) is 0 Å². The molecule has 2 unspecified atom stereocenters. The lowest BCUT2D eigenvalue weighted by Gasteiger charge is -2.19. The number of carbonyl (C=O) groups excluding carboxylic acids is 1. The van der Waals surface area contributed by atoms with E-state index in [9.17, 15) is 4.79 Å². The molecule has 1 aliphatic rings. The monoisotopic (exact) mass is 258 g/mol. The molecule has 4 nitrogen and oxygen atoms in total. The van der Waals surface area contributed by atoms with Crippen LogP contribution in [0.1, 0.15) is 39.0 Å². The van der Waals surface area contributed by atoms with Gasteiger partial charge in [-0.3, -0.25) is 4.79 Å². The van der Waals surface area contributed by atoms with Crippen molar-refractivity contribution >= 4 is 23.1 Å². The number of rotatable bonds is 7. The van der Waals surface area contributed by atoms with Crippen LogP contribution in [0.25, 0.3) is 0 Å². The fourth-order valence-corrected chi connectivity index (χ4v) is 2.51. The van der Waals surface area contributed by atoms with Crippen molar-refractivity contribution < 1.29 is 9.53 Å². The number of ether oxygens (including phenoxy) is 1. The zero-order valence-corrected chi connectivity index (χ0v) is 11.2. The van der Waals surface area contributed by atoms with E-state index in [1.807, 2.05) is 6.92 Å². The summed E-state index contributed by atoms with van der Waals surface area (Å²) >= 11 is 5.01. The summed E-state index contributed by atoms with van der Waals surface area (Å²) < 4.78 is 5.19. The van der Waals surface area contributed by atoms with Crippen LogP contribution in [0, 0.1) is 5.92 Å². The number of nitrogens with one attached hydrogen (secondary N) is 1. The maximum atomic E-state index is 11.7. The van der Waals surface area contributed by atoms with Crippen LogP contribution in [-0.2, 0) is 9.53 Å². The van der Waals surface area contributed by atoms with Gasteiger partial charge in [0, 0.05) is 31.6 Å². The molecular formula is C12H22N2O2S. The highest BCUT2D eigenvalue weighted by atomic mass is 32.1. The van der Waals surface area contributed by atoms with Gasteiger partial charge in [-0.2, -0.15) is 0 Å². The minimum absolute atomic E-state index is 0.0813. The van der Waals surface area contributed by atoms with E-state index >= 15 is 0 Å². The summed E-state index contributed by atoms with van der Waals surface area (Å²) in [6.07, 6.45) is 4.36. The van der Waals surface area contributed by atoms with Crippen molar-refractivity contribution in [1.29, 1.82) is 0 Å². The molecule has 1 amide bonds. The Balaban J connectivity index is 2.23. The third kappa shape index (κ3) is 5.00. The molecule has 0 aliphatic heterocycles. The van der Waals surface area contributed by atoms with Gasteiger partial charge < -0.3 is 15.8 Å². The lowest BCUT2D eigenvalue weighted by atomic mass is 10.0. The first-order valence-electron chi connectivity index (χ1n) is 6.31. The highest BCUT2D eigenvalue weighted by Crippen LogP contribution is 2.25. The summed E-state index contributed by atoms with van der Waals surface area (Å²) in [5.74, 6) is 0.263. The van der Waals surface area contributed by atoms with Gasteiger partial charge in [0.2, 0.25) is 5.91 Å². The summed E-state index contributed by atoms with van der Waals surface area (Å²) in [6, 6.07) is 0.145. The van der Waals surface area contributed by atoms with E-state index in [0.717, 1.165) is 25.7 Å². The number of carbonyl (C=O) groups is 1. The van der Waals surface area contributed by atoms with Gasteiger partial charge >= 0.3 is 0 Å². The second kappa shape index (κ2) is 7.61. The van der Waals surface area contributed by atoms with Crippen molar-refractivity contribution in [3.8, 4) is 0 Å². The molecule has 1 rings (SSSR count). The first kappa shape index (κ1) is 14.4. The first-order valence-corrected chi connectivity index (χ1v) is 6.72. The average molecular weight is 258 g/mol. The van der Waals surface area contributed by atoms with Crippen LogP contribution in [0.5, 0.6) is 0 Å². The molecule has 1 fully saturated rings. The SMILES string of the molecule is CCOCCCC(=O)NC1CCCC1C(N)=S. The third-order valence-corrected chi connectivity index (χ3v) is 3.43. The molecule has 0 aromatic carbocycles. The Morgan fingerprint density at radius 3 is 2.94 bits per heavy atom. The lowest BCUT2D eigenvalue weighted by Crippen LogP contribution is -2.41. The molecule has 0 heterocycles. The minimum atomic E-state index is 0.0813. The highest BCUT2D eigenvalue weighted by molar-refractivity contribution is 7.80. The molecule has 0 radical (unpaired) electrons. The van der Waals surface area contributed by atoms with Crippen molar-refractivity contribution in [2.24, 2.45) is 11.7 Å². The van der Waals surface area contributed by atoms with Crippen molar-refractivity contribution in [2.75, 3.05) is 13.2 Å². The second-order valence-corrected chi connectivity index (χ2v) is 4.89. The zero-order chi connectivity index (χ0) is 12.7. The molecular weight excluding hydrogens is 236 g/mol. The van der Waals surface area contributed by atoms with E-state index < -0.39 is 0 Å². The van der Waals surface area contributed by atoms with Crippen LogP contribution < -0.4 is 11.1 Å². The van der Waals surface area contributed by atoms with Crippen LogP contribution >= 0.6 is 12.2 Å². The van der Waals surface area contributed by atoms with Crippen LogP contribution in [-0.4, -0.2) is 30.2 Å². The summed E-state index contributed by atoms with van der Waals surface area (Å²) in [5.41, 5.74) is 5.66. The van der Waals surface area contributed by atoms with Gasteiger partial charge in [-0.15, -0.1) is 0 Å². The molecule has 0 saturated heterocycles. The van der Waals surface area contributed by atoms with Crippen LogP contribution in [0.3, 0.4) is 0 Å². The lowest BCUT2D eigenvalue weighted by molar-refractivity contribution is -0.122. The number of amides is 1. The summed E-state index contributed by atoms with van der Waals surface area (Å²) in [4.78, 5) is 12.2. The van der Waals surface area contributed by atoms with Crippen molar-refractivity contribution in [2.45, 2.75) is 45.1 Å². The van der Waals surface area contributed by atoms with Gasteiger partial charge in [-0.1, -0.05) is 18.6 Å². The Morgan fingerprint density at radius 1 is 1.53 bits per heavy atom. The van der Waals surface area contributed by atoms with Crippen LogP contribution in [0.15, 0.2) is 0 Å². The molecule has 2 atom stereocenters. The molecule has 0 bridgehead atoms. The Hall–Kier alpha value is -0.680. The van der Waals surface area contributed by atoms with Gasteiger partial charge in [-0.05, 0) is 26.2 Å². The molecule has 5 heteroatoms. The fraction of sp³-hybridized carbons (Fsp3) is 0.833. The fourth-order valence-electron chi connectivity index (χ4n) is 2.23. The van der Waals surface area contributed by atoms with Crippen molar-refractivity contribution in [3.05, 3.63) is 0 Å². The van der Waals surface area contributed by atoms with Crippen LogP contribution in [0.2, 0.25) is 0 Å². The van der Waals surface area contributed by atoms with Crippen LogP contribution in [0.4, 0.5) is 0 Å². The Bertz CT molecular complexity index is 271. The smallest absolute Gasteiger partial charge is 0.220 e. The summed E-state index contributed by atoms with van der Waals surface area (Å²) in [7, 11) is 0. The standard InChI is InChI=1S/C12H22N2O2S/c1-2-16-8-4-7-11(15)14-10-6-3-5-9(10)12(13)17/h9-10H,2-8H2,1H3,(H2,13,17)(H,14,15). The van der Waals surface area contributed by atoms with Gasteiger partial charge in [0.05, 0.1) is 4.99 Å². The van der Waals surface area contributed by atoms with Gasteiger partial charge in [0.1, 0.15) is 0 Å². The maximum absolute atomic E-state index is 11.7. The third-order valence-electron chi connectivity index (χ3n) is 3.12. The average Bonchev–Trinajstić information content (AvgIpc) is 2.72. The Morgan fingerprint density at radius 2 is 2.29 bits per heavy atom. The number of nitrogens with two attached hydrogens (primary N) is 1. The first-order chi connectivity index (χ1) is 8.15. The quantitative estimate of drug-likeness (QED) is 0.535. The zero-order valence-electron chi connectivity index (χ0n) is 10.4. The molecule has 0 spiro atoms. The molecule has 3 N–H and O–H groups in total. The minimum Gasteiger partial charge on any atom is -0.393 e. The highest BCUT2D eigenvalue weighted by Gasteiger charge is 2.30. The molecule has 1 aliphatic carbocycles. The number of thiocarbonyl (C=S) groups is 1. The predicted octanol–water partition coefficient (Wildman–Crippen LogP) is 1.37. The summed E-state index contributed by atoms with van der Waals surface area (Å²) in [6.45, 7) is 3.30. The molecule has 0 aromatic heterocycles. The molecule has 17 heavy (non-hydrogen) atoms. The van der Waals surface area contributed by atoms with E-state index in [-0.39, 0.29) is 17.9 Å². The van der Waals surface area contributed by atoms with Gasteiger partial charge in [-0.25, -0.2) is 0 Å². The van der Waals surface area contributed by atoms with E-state index in [0.29, 0.717) is 24.6 Å². The van der Waals surface area contributed by atoms with E-state index in [1.54, 1.807) is 0 Å². The number of hydrogen-bond acceptors (Lipinski definition) is 3. The van der Waals surface area contributed by atoms with E-state index in [4.69, 9.17) is 22.7 Å². The Kier molecular flexibility index (Phi) is 6.44. The normalized spacial score (nSPS) is 23.6. The van der Waals surface area contributed by atoms with E-state index in [1.165, 1.54) is 0 Å². The largest absolute Gasteiger partial charge is 0.393 e. The maximum Gasteiger partial charge on any atom is 0.220 e. The molecule has 0 aromatic rings. The van der Waals surface area contributed by atoms with Gasteiger partial charge in [0.15, 0.2) is 0 Å². The Labute approximate surface area is 108 Å². The molecule has 1 saturated carbocycles. The summed E-state index contributed by atoms with van der Waals surface area (Å²) in [5, 5.41) is 3.03. The predicted molar refractivity (Wildman–Crippen MR) is 71.8 cm³/mol.